The maximum absolute atomic E-state index is 11.1. The molecule has 1 aliphatic rings. The highest BCUT2D eigenvalue weighted by molar-refractivity contribution is 5.80. The predicted molar refractivity (Wildman–Crippen MR) is 44.2 cm³/mol. The van der Waals surface area contributed by atoms with E-state index >= 15 is 0 Å². The lowest BCUT2D eigenvalue weighted by Crippen LogP contribution is -2.36. The summed E-state index contributed by atoms with van der Waals surface area (Å²) < 4.78 is 0. The summed E-state index contributed by atoms with van der Waals surface area (Å²) in [5, 5.41) is 2.76. The zero-order valence-electron chi connectivity index (χ0n) is 7.01. The van der Waals surface area contributed by atoms with E-state index in [0.717, 1.165) is 19.4 Å². The second-order valence-electron chi connectivity index (χ2n) is 3.14. The topological polar surface area (TPSA) is 72.2 Å². The molecule has 2 amide bonds. The first-order valence-electron chi connectivity index (χ1n) is 4.26. The fourth-order valence-electron chi connectivity index (χ4n) is 1.43. The number of carbonyl (C=O) groups excluding carboxylic acids is 2. The zero-order valence-corrected chi connectivity index (χ0v) is 7.01. The molecule has 0 aromatic heterocycles. The Hall–Kier alpha value is -1.06. The molecule has 0 bridgehead atoms. The van der Waals surface area contributed by atoms with Gasteiger partial charge in [0, 0.05) is 18.9 Å². The van der Waals surface area contributed by atoms with E-state index in [1.807, 2.05) is 0 Å². The third-order valence-electron chi connectivity index (χ3n) is 2.14. The molecule has 4 nitrogen and oxygen atoms in total. The summed E-state index contributed by atoms with van der Waals surface area (Å²) in [5.74, 6) is -0.248. The number of primary amides is 1. The summed E-state index contributed by atoms with van der Waals surface area (Å²) in [6.07, 6.45) is 2.81. The Morgan fingerprint density at radius 1 is 1.67 bits per heavy atom. The van der Waals surface area contributed by atoms with Gasteiger partial charge in [0.15, 0.2) is 0 Å². The van der Waals surface area contributed by atoms with Gasteiger partial charge in [0.05, 0.1) is 0 Å². The monoisotopic (exact) mass is 170 g/mol. The van der Waals surface area contributed by atoms with E-state index in [9.17, 15) is 9.59 Å². The molecule has 0 radical (unpaired) electrons. The van der Waals surface area contributed by atoms with Gasteiger partial charge in [-0.15, -0.1) is 0 Å². The maximum atomic E-state index is 11.1. The Kier molecular flexibility index (Phi) is 3.08. The Morgan fingerprint density at radius 3 is 3.00 bits per heavy atom. The highest BCUT2D eigenvalue weighted by Crippen LogP contribution is 2.16. The molecule has 1 rings (SSSR count). The quantitative estimate of drug-likeness (QED) is 0.614. The lowest BCUT2D eigenvalue weighted by Gasteiger charge is -2.20. The molecular formula is C8H14N2O2. The van der Waals surface area contributed by atoms with Crippen LogP contribution in [0, 0.1) is 5.92 Å². The largest absolute Gasteiger partial charge is 0.370 e. The molecule has 1 atom stereocenters. The number of rotatable bonds is 3. The van der Waals surface area contributed by atoms with E-state index in [1.165, 1.54) is 0 Å². The van der Waals surface area contributed by atoms with Crippen molar-refractivity contribution in [2.45, 2.75) is 25.7 Å². The first-order chi connectivity index (χ1) is 5.70. The van der Waals surface area contributed by atoms with E-state index in [2.05, 4.69) is 5.32 Å². The average Bonchev–Trinajstić information content (AvgIpc) is 2.03. The number of hydrogen-bond acceptors (Lipinski definition) is 2. The third-order valence-corrected chi connectivity index (χ3v) is 2.14. The van der Waals surface area contributed by atoms with Crippen molar-refractivity contribution < 1.29 is 9.59 Å². The Labute approximate surface area is 71.5 Å². The number of amides is 2. The van der Waals surface area contributed by atoms with E-state index in [4.69, 9.17) is 5.73 Å². The van der Waals surface area contributed by atoms with Crippen molar-refractivity contribution in [1.82, 2.24) is 5.32 Å². The van der Waals surface area contributed by atoms with Gasteiger partial charge >= 0.3 is 0 Å². The van der Waals surface area contributed by atoms with Gasteiger partial charge in [0.2, 0.25) is 11.8 Å². The molecule has 1 unspecified atom stereocenters. The molecule has 1 saturated heterocycles. The number of piperidine rings is 1. The maximum Gasteiger partial charge on any atom is 0.223 e. The molecule has 0 spiro atoms. The molecule has 4 heteroatoms. The predicted octanol–water partition coefficient (Wildman–Crippen LogP) is -0.222. The van der Waals surface area contributed by atoms with Gasteiger partial charge < -0.3 is 11.1 Å². The molecule has 3 N–H and O–H groups in total. The minimum Gasteiger partial charge on any atom is -0.370 e. The highest BCUT2D eigenvalue weighted by atomic mass is 16.2. The average molecular weight is 170 g/mol. The lowest BCUT2D eigenvalue weighted by molar-refractivity contribution is -0.127. The molecule has 0 aliphatic carbocycles. The number of hydrogen-bond donors (Lipinski definition) is 2. The molecule has 68 valence electrons. The molecule has 12 heavy (non-hydrogen) atoms. The van der Waals surface area contributed by atoms with Crippen molar-refractivity contribution in [2.75, 3.05) is 6.54 Å². The SMILES string of the molecule is NC(=O)CCC1CCCNC1=O. The van der Waals surface area contributed by atoms with Crippen LogP contribution in [0.15, 0.2) is 0 Å². The number of nitrogens with one attached hydrogen (secondary N) is 1. The summed E-state index contributed by atoms with van der Waals surface area (Å²) in [6, 6.07) is 0. The summed E-state index contributed by atoms with van der Waals surface area (Å²) >= 11 is 0. The van der Waals surface area contributed by atoms with Crippen molar-refractivity contribution >= 4 is 11.8 Å². The first-order valence-corrected chi connectivity index (χ1v) is 4.26. The van der Waals surface area contributed by atoms with Gasteiger partial charge in [-0.2, -0.15) is 0 Å². The van der Waals surface area contributed by atoms with Gasteiger partial charge in [0.1, 0.15) is 0 Å². The molecular weight excluding hydrogens is 156 g/mol. The van der Waals surface area contributed by atoms with Crippen LogP contribution in [0.5, 0.6) is 0 Å². The van der Waals surface area contributed by atoms with Crippen LogP contribution in [0.25, 0.3) is 0 Å². The summed E-state index contributed by atoms with van der Waals surface area (Å²) in [5.41, 5.74) is 4.98. The van der Waals surface area contributed by atoms with Crippen LogP contribution in [0.3, 0.4) is 0 Å². The minimum absolute atomic E-state index is 0.00579. The van der Waals surface area contributed by atoms with Crippen molar-refractivity contribution in [3.63, 3.8) is 0 Å². The summed E-state index contributed by atoms with van der Waals surface area (Å²) in [7, 11) is 0. The van der Waals surface area contributed by atoms with Crippen molar-refractivity contribution in [3.8, 4) is 0 Å². The lowest BCUT2D eigenvalue weighted by atomic mass is 9.94. The number of nitrogens with two attached hydrogens (primary N) is 1. The van der Waals surface area contributed by atoms with Crippen molar-refractivity contribution in [1.29, 1.82) is 0 Å². The van der Waals surface area contributed by atoms with E-state index < -0.39 is 0 Å². The molecule has 0 aromatic rings. The second-order valence-corrected chi connectivity index (χ2v) is 3.14. The van der Waals surface area contributed by atoms with Crippen LogP contribution < -0.4 is 11.1 Å². The second kappa shape index (κ2) is 4.09. The summed E-state index contributed by atoms with van der Waals surface area (Å²) in [6.45, 7) is 0.770. The van der Waals surface area contributed by atoms with Gasteiger partial charge in [-0.25, -0.2) is 0 Å². The van der Waals surface area contributed by atoms with E-state index in [1.54, 1.807) is 0 Å². The van der Waals surface area contributed by atoms with Crippen LogP contribution in [0.4, 0.5) is 0 Å². The zero-order chi connectivity index (χ0) is 8.97. The Bertz CT molecular complexity index is 191. The molecule has 0 saturated carbocycles. The molecule has 1 heterocycles. The Balaban J connectivity index is 2.29. The smallest absolute Gasteiger partial charge is 0.223 e. The first kappa shape index (κ1) is 9.03. The van der Waals surface area contributed by atoms with Crippen LogP contribution in [0.1, 0.15) is 25.7 Å². The van der Waals surface area contributed by atoms with Crippen LogP contribution in [0.2, 0.25) is 0 Å². The van der Waals surface area contributed by atoms with Crippen molar-refractivity contribution in [2.24, 2.45) is 11.7 Å². The number of carbonyl (C=O) groups is 2. The fourth-order valence-corrected chi connectivity index (χ4v) is 1.43. The molecule has 0 aromatic carbocycles. The van der Waals surface area contributed by atoms with Gasteiger partial charge in [0.25, 0.3) is 0 Å². The molecule has 1 fully saturated rings. The summed E-state index contributed by atoms with van der Waals surface area (Å²) in [4.78, 5) is 21.6. The van der Waals surface area contributed by atoms with E-state index in [-0.39, 0.29) is 17.7 Å². The highest BCUT2D eigenvalue weighted by Gasteiger charge is 2.21. The standard InChI is InChI=1S/C8H14N2O2/c9-7(11)4-3-6-2-1-5-10-8(6)12/h6H,1-5H2,(H2,9,11)(H,10,12). The Morgan fingerprint density at radius 2 is 2.42 bits per heavy atom. The van der Waals surface area contributed by atoms with Gasteiger partial charge in [-0.3, -0.25) is 9.59 Å². The fraction of sp³-hybridized carbons (Fsp3) is 0.750. The third kappa shape index (κ3) is 2.53. The van der Waals surface area contributed by atoms with Crippen LogP contribution in [-0.4, -0.2) is 18.4 Å². The van der Waals surface area contributed by atoms with Gasteiger partial charge in [-0.1, -0.05) is 0 Å². The van der Waals surface area contributed by atoms with Gasteiger partial charge in [-0.05, 0) is 19.3 Å². The minimum atomic E-state index is -0.326. The van der Waals surface area contributed by atoms with Crippen LogP contribution in [-0.2, 0) is 9.59 Å². The van der Waals surface area contributed by atoms with Crippen molar-refractivity contribution in [3.05, 3.63) is 0 Å². The molecule has 1 aliphatic heterocycles. The normalized spacial score (nSPS) is 23.3. The van der Waals surface area contributed by atoms with E-state index in [0.29, 0.717) is 12.8 Å². The van der Waals surface area contributed by atoms with Crippen LogP contribution >= 0.6 is 0 Å².